The number of hydrogen-bond donors (Lipinski definition) is 3. The first kappa shape index (κ1) is 22.8. The van der Waals surface area contributed by atoms with Crippen LogP contribution < -0.4 is 11.5 Å². The van der Waals surface area contributed by atoms with Gasteiger partial charge in [0.15, 0.2) is 11.6 Å². The van der Waals surface area contributed by atoms with Crippen LogP contribution in [0, 0.1) is 11.6 Å². The Morgan fingerprint density at radius 3 is 2.10 bits per heavy atom. The predicted octanol–water partition coefficient (Wildman–Crippen LogP) is 4.30. The first-order valence-electron chi connectivity index (χ1n) is 8.37. The molecule has 0 aromatic heterocycles. The van der Waals surface area contributed by atoms with Crippen LogP contribution in [0.2, 0.25) is 0 Å². The number of hydrogen-bond acceptors (Lipinski definition) is 4. The van der Waals surface area contributed by atoms with E-state index >= 15 is 0 Å². The summed E-state index contributed by atoms with van der Waals surface area (Å²) in [7, 11) is 0. The second kappa shape index (κ2) is 7.75. The van der Waals surface area contributed by atoms with Crippen molar-refractivity contribution in [2.45, 2.75) is 37.9 Å². The molecular formula is C19H20F6N2O2. The zero-order valence-corrected chi connectivity index (χ0v) is 15.6. The molecule has 0 radical (unpaired) electrons. The maximum atomic E-state index is 14.3. The number of benzene rings is 2. The molecule has 10 heteroatoms. The van der Waals surface area contributed by atoms with E-state index in [0.717, 1.165) is 38.1 Å². The molecule has 0 saturated heterocycles. The highest BCUT2D eigenvalue weighted by atomic mass is 19.3. The van der Waals surface area contributed by atoms with Crippen molar-refractivity contribution >= 4 is 11.4 Å². The Morgan fingerprint density at radius 1 is 0.931 bits per heavy atom. The number of anilines is 2. The molecule has 2 aromatic rings. The number of ether oxygens (including phenoxy) is 1. The van der Waals surface area contributed by atoms with Gasteiger partial charge in [-0.3, -0.25) is 0 Å². The van der Waals surface area contributed by atoms with Crippen molar-refractivity contribution in [3.05, 3.63) is 58.7 Å². The smallest absolute Gasteiger partial charge is 0.303 e. The van der Waals surface area contributed by atoms with Crippen molar-refractivity contribution in [2.24, 2.45) is 0 Å². The summed E-state index contributed by atoms with van der Waals surface area (Å²) in [5.41, 5.74) is 4.60. The highest BCUT2D eigenvalue weighted by molar-refractivity contribution is 5.48. The molecule has 0 unspecified atom stereocenters. The van der Waals surface area contributed by atoms with Crippen LogP contribution in [0.3, 0.4) is 0 Å². The van der Waals surface area contributed by atoms with Gasteiger partial charge in [-0.1, -0.05) is 6.07 Å². The molecule has 0 spiro atoms. The van der Waals surface area contributed by atoms with Crippen LogP contribution in [0.15, 0.2) is 30.3 Å². The van der Waals surface area contributed by atoms with E-state index in [0.29, 0.717) is 6.07 Å². The summed E-state index contributed by atoms with van der Waals surface area (Å²) in [4.78, 5) is 0. The average molecular weight is 422 g/mol. The Labute approximate surface area is 163 Å². The van der Waals surface area contributed by atoms with Crippen molar-refractivity contribution in [3.63, 3.8) is 0 Å². The first-order chi connectivity index (χ1) is 13.2. The second-order valence-corrected chi connectivity index (χ2v) is 7.09. The fourth-order valence-corrected chi connectivity index (χ4v) is 2.56. The Hall–Kier alpha value is -2.46. The summed E-state index contributed by atoms with van der Waals surface area (Å²) in [6, 6.07) is 4.71. The number of halogens is 6. The molecule has 0 aliphatic carbocycles. The van der Waals surface area contributed by atoms with Gasteiger partial charge in [-0.2, -0.15) is 17.6 Å². The van der Waals surface area contributed by atoms with Crippen molar-refractivity contribution in [2.75, 3.05) is 18.1 Å². The molecule has 0 amide bonds. The largest absolute Gasteiger partial charge is 0.396 e. The zero-order valence-electron chi connectivity index (χ0n) is 15.6. The van der Waals surface area contributed by atoms with Crippen molar-refractivity contribution < 1.29 is 36.2 Å². The van der Waals surface area contributed by atoms with Gasteiger partial charge in [0, 0.05) is 0 Å². The summed E-state index contributed by atoms with van der Waals surface area (Å²) in [5.74, 6) is -10.5. The molecule has 0 aliphatic heterocycles. The predicted molar refractivity (Wildman–Crippen MR) is 95.4 cm³/mol. The lowest BCUT2D eigenvalue weighted by Gasteiger charge is -2.30. The van der Waals surface area contributed by atoms with Crippen LogP contribution in [-0.4, -0.2) is 17.3 Å². The molecule has 160 valence electrons. The lowest BCUT2D eigenvalue weighted by Crippen LogP contribution is -2.41. The maximum absolute atomic E-state index is 14.3. The van der Waals surface area contributed by atoms with Gasteiger partial charge >= 0.3 is 5.92 Å². The molecular weight excluding hydrogens is 402 g/mol. The summed E-state index contributed by atoms with van der Waals surface area (Å²) in [5, 5.41) is 9.63. The van der Waals surface area contributed by atoms with Crippen LogP contribution in [0.4, 0.5) is 37.7 Å². The molecule has 2 rings (SSSR count). The van der Waals surface area contributed by atoms with Gasteiger partial charge < -0.3 is 21.3 Å². The minimum atomic E-state index is -4.02. The first-order valence-corrected chi connectivity index (χ1v) is 8.37. The standard InChI is InChI=1S/C19H20F6N2O2/c1-17(2,28)19(24,25)12-6-10(7-14(27)16(12)21)8-29-9-18(22,23)11-4-3-5-13(26)15(11)20/h3-7,28H,8-9,26-27H2,1-2H3. The lowest BCUT2D eigenvalue weighted by atomic mass is 9.91. The van der Waals surface area contributed by atoms with Gasteiger partial charge in [0.2, 0.25) is 0 Å². The quantitative estimate of drug-likeness (QED) is 0.459. The molecule has 0 saturated carbocycles. The van der Waals surface area contributed by atoms with Crippen LogP contribution >= 0.6 is 0 Å². The van der Waals surface area contributed by atoms with Gasteiger partial charge in [0.25, 0.3) is 5.92 Å². The van der Waals surface area contributed by atoms with E-state index in [1.165, 1.54) is 0 Å². The van der Waals surface area contributed by atoms with Crippen LogP contribution in [0.1, 0.15) is 30.5 Å². The molecule has 0 atom stereocenters. The minimum absolute atomic E-state index is 0.133. The molecule has 0 aliphatic rings. The molecule has 5 N–H and O–H groups in total. The van der Waals surface area contributed by atoms with Crippen LogP contribution in [0.5, 0.6) is 0 Å². The number of alkyl halides is 4. The monoisotopic (exact) mass is 422 g/mol. The van der Waals surface area contributed by atoms with Crippen molar-refractivity contribution in [1.29, 1.82) is 0 Å². The van der Waals surface area contributed by atoms with Crippen LogP contribution in [0.25, 0.3) is 0 Å². The normalized spacial score (nSPS) is 13.0. The topological polar surface area (TPSA) is 81.5 Å². The second-order valence-electron chi connectivity index (χ2n) is 7.09. The molecule has 0 heterocycles. The van der Waals surface area contributed by atoms with E-state index < -0.39 is 64.8 Å². The summed E-state index contributed by atoms with van der Waals surface area (Å²) in [6.45, 7) is -0.361. The van der Waals surface area contributed by atoms with E-state index in [1.807, 2.05) is 0 Å². The Balaban J connectivity index is 2.22. The summed E-state index contributed by atoms with van der Waals surface area (Å²) < 4.78 is 89.8. The third-order valence-corrected chi connectivity index (χ3v) is 4.24. The van der Waals surface area contributed by atoms with Gasteiger partial charge in [0.1, 0.15) is 12.2 Å². The van der Waals surface area contributed by atoms with E-state index in [4.69, 9.17) is 16.2 Å². The molecule has 4 nitrogen and oxygen atoms in total. The molecule has 0 bridgehead atoms. The van der Waals surface area contributed by atoms with Gasteiger partial charge in [-0.25, -0.2) is 8.78 Å². The molecule has 0 fully saturated rings. The SMILES string of the molecule is CC(C)(O)C(F)(F)c1cc(COCC(F)(F)c2cccc(N)c2F)cc(N)c1F. The maximum Gasteiger partial charge on any atom is 0.303 e. The Kier molecular flexibility index (Phi) is 6.10. The van der Waals surface area contributed by atoms with Gasteiger partial charge in [-0.05, 0) is 43.7 Å². The summed E-state index contributed by atoms with van der Waals surface area (Å²) >= 11 is 0. The molecule has 29 heavy (non-hydrogen) atoms. The number of aliphatic hydroxyl groups is 1. The molecule has 2 aromatic carbocycles. The highest BCUT2D eigenvalue weighted by Crippen LogP contribution is 2.41. The fraction of sp³-hybridized carbons (Fsp3) is 0.368. The summed E-state index contributed by atoms with van der Waals surface area (Å²) in [6.07, 6.45) is 0. The third kappa shape index (κ3) is 4.59. The Morgan fingerprint density at radius 2 is 1.52 bits per heavy atom. The van der Waals surface area contributed by atoms with Crippen molar-refractivity contribution in [1.82, 2.24) is 0 Å². The Bertz CT molecular complexity index is 897. The van der Waals surface area contributed by atoms with Gasteiger partial charge in [-0.15, -0.1) is 0 Å². The van der Waals surface area contributed by atoms with E-state index in [-0.39, 0.29) is 5.56 Å². The van der Waals surface area contributed by atoms with Gasteiger partial charge in [0.05, 0.1) is 29.1 Å². The lowest BCUT2D eigenvalue weighted by molar-refractivity contribution is -0.170. The number of rotatable bonds is 7. The average Bonchev–Trinajstić information content (AvgIpc) is 2.58. The minimum Gasteiger partial charge on any atom is -0.396 e. The zero-order chi connectivity index (χ0) is 22.2. The van der Waals surface area contributed by atoms with Crippen LogP contribution in [-0.2, 0) is 23.2 Å². The third-order valence-electron chi connectivity index (χ3n) is 4.24. The number of nitrogen functional groups attached to an aromatic ring is 2. The fourth-order valence-electron chi connectivity index (χ4n) is 2.56. The number of nitrogens with two attached hydrogens (primary N) is 2. The van der Waals surface area contributed by atoms with E-state index in [2.05, 4.69) is 0 Å². The van der Waals surface area contributed by atoms with E-state index in [1.54, 1.807) is 0 Å². The van der Waals surface area contributed by atoms with E-state index in [9.17, 15) is 31.4 Å². The van der Waals surface area contributed by atoms with Crippen molar-refractivity contribution in [3.8, 4) is 0 Å². The highest BCUT2D eigenvalue weighted by Gasteiger charge is 2.49.